The minimum atomic E-state index is 0.243. The minimum Gasteiger partial charge on any atom is -0.493 e. The lowest BCUT2D eigenvalue weighted by Crippen LogP contribution is -2.42. The monoisotopic (exact) mass is 292 g/mol. The van der Waals surface area contributed by atoms with Crippen molar-refractivity contribution in [2.24, 2.45) is 0 Å². The van der Waals surface area contributed by atoms with Gasteiger partial charge >= 0.3 is 0 Å². The summed E-state index contributed by atoms with van der Waals surface area (Å²) in [6.07, 6.45) is 3.33. The summed E-state index contributed by atoms with van der Waals surface area (Å²) in [6, 6.07) is 8.41. The van der Waals surface area contributed by atoms with Gasteiger partial charge < -0.3 is 15.2 Å². The van der Waals surface area contributed by atoms with Crippen LogP contribution in [0.2, 0.25) is 0 Å². The van der Waals surface area contributed by atoms with Crippen LogP contribution in [0.4, 0.5) is 0 Å². The Morgan fingerprint density at radius 2 is 2.19 bits per heavy atom. The van der Waals surface area contributed by atoms with Gasteiger partial charge in [-0.2, -0.15) is 0 Å². The normalized spacial score (nSPS) is 20.2. The molecule has 0 bridgehead atoms. The van der Waals surface area contributed by atoms with Crippen molar-refractivity contribution in [1.82, 2.24) is 10.2 Å². The van der Waals surface area contributed by atoms with Crippen LogP contribution in [0.25, 0.3) is 0 Å². The van der Waals surface area contributed by atoms with Crippen LogP contribution < -0.4 is 10.1 Å². The lowest BCUT2D eigenvalue weighted by atomic mass is 10.2. The van der Waals surface area contributed by atoms with Gasteiger partial charge in [0.2, 0.25) is 0 Å². The van der Waals surface area contributed by atoms with Crippen molar-refractivity contribution < 1.29 is 9.84 Å². The van der Waals surface area contributed by atoms with Gasteiger partial charge in [-0.3, -0.25) is 4.90 Å². The fourth-order valence-electron chi connectivity index (χ4n) is 2.78. The largest absolute Gasteiger partial charge is 0.493 e. The van der Waals surface area contributed by atoms with E-state index >= 15 is 0 Å². The van der Waals surface area contributed by atoms with Gasteiger partial charge in [0.25, 0.3) is 0 Å². The highest BCUT2D eigenvalue weighted by Crippen LogP contribution is 2.16. The molecule has 2 rings (SSSR count). The summed E-state index contributed by atoms with van der Waals surface area (Å²) in [5.41, 5.74) is 1.19. The van der Waals surface area contributed by atoms with Gasteiger partial charge in [0.1, 0.15) is 5.75 Å². The number of nitrogens with one attached hydrogen (secondary N) is 1. The molecule has 1 aromatic carbocycles. The highest BCUT2D eigenvalue weighted by atomic mass is 16.5. The molecule has 118 valence electrons. The number of unbranched alkanes of at least 4 members (excludes halogenated alkanes) is 1. The van der Waals surface area contributed by atoms with E-state index in [1.54, 1.807) is 0 Å². The Morgan fingerprint density at radius 3 is 3.00 bits per heavy atom. The molecule has 1 heterocycles. The van der Waals surface area contributed by atoms with Gasteiger partial charge in [-0.15, -0.1) is 0 Å². The topological polar surface area (TPSA) is 44.7 Å². The highest BCUT2D eigenvalue weighted by molar-refractivity contribution is 5.31. The zero-order chi connectivity index (χ0) is 14.9. The van der Waals surface area contributed by atoms with Gasteiger partial charge in [0, 0.05) is 12.6 Å². The number of hydrogen-bond donors (Lipinski definition) is 2. The SMILES string of the molecule is Cc1ccccc1OCCCCN1CCCNCC1CO. The maximum absolute atomic E-state index is 9.46. The van der Waals surface area contributed by atoms with E-state index in [2.05, 4.69) is 23.2 Å². The first-order valence-electron chi connectivity index (χ1n) is 8.05. The molecule has 0 saturated carbocycles. The third kappa shape index (κ3) is 5.30. The molecule has 0 spiro atoms. The van der Waals surface area contributed by atoms with Crippen LogP contribution >= 0.6 is 0 Å². The number of aliphatic hydroxyl groups is 1. The van der Waals surface area contributed by atoms with Crippen LogP contribution in [0.5, 0.6) is 5.75 Å². The van der Waals surface area contributed by atoms with E-state index in [1.165, 1.54) is 5.56 Å². The summed E-state index contributed by atoms with van der Waals surface area (Å²) in [5.74, 6) is 0.990. The molecule has 4 nitrogen and oxygen atoms in total. The Labute approximate surface area is 128 Å². The van der Waals surface area contributed by atoms with E-state index in [-0.39, 0.29) is 12.6 Å². The Hall–Kier alpha value is -1.10. The van der Waals surface area contributed by atoms with E-state index in [0.29, 0.717) is 0 Å². The number of aryl methyl sites for hydroxylation is 1. The van der Waals surface area contributed by atoms with Crippen LogP contribution in [0.3, 0.4) is 0 Å². The molecule has 1 atom stereocenters. The second kappa shape index (κ2) is 9.03. The van der Waals surface area contributed by atoms with Gasteiger partial charge in [-0.25, -0.2) is 0 Å². The lowest BCUT2D eigenvalue weighted by Gasteiger charge is -2.28. The molecule has 1 aromatic rings. The summed E-state index contributed by atoms with van der Waals surface area (Å²) in [7, 11) is 0. The van der Waals surface area contributed by atoms with E-state index < -0.39 is 0 Å². The molecule has 21 heavy (non-hydrogen) atoms. The maximum Gasteiger partial charge on any atom is 0.122 e. The molecule has 2 N–H and O–H groups in total. The number of aliphatic hydroxyl groups excluding tert-OH is 1. The van der Waals surface area contributed by atoms with Crippen molar-refractivity contribution in [3.8, 4) is 5.75 Å². The summed E-state index contributed by atoms with van der Waals surface area (Å²) in [5, 5.41) is 12.8. The van der Waals surface area contributed by atoms with Gasteiger partial charge in [-0.05, 0) is 57.5 Å². The fourth-order valence-corrected chi connectivity index (χ4v) is 2.78. The Kier molecular flexibility index (Phi) is 7.00. The smallest absolute Gasteiger partial charge is 0.122 e. The first kappa shape index (κ1) is 16.3. The number of hydrogen-bond acceptors (Lipinski definition) is 4. The molecule has 1 aliphatic heterocycles. The predicted octanol–water partition coefficient (Wildman–Crippen LogP) is 1.81. The second-order valence-corrected chi connectivity index (χ2v) is 5.75. The van der Waals surface area contributed by atoms with Gasteiger partial charge in [0.15, 0.2) is 0 Å². The third-order valence-corrected chi connectivity index (χ3v) is 4.10. The molecular weight excluding hydrogens is 264 g/mol. The molecule has 1 unspecified atom stereocenters. The standard InChI is InChI=1S/C17H28N2O2/c1-15-7-2-3-8-17(15)21-12-5-4-10-19-11-6-9-18-13-16(19)14-20/h2-3,7-8,16,18,20H,4-6,9-14H2,1H3. The minimum absolute atomic E-state index is 0.243. The van der Waals surface area contributed by atoms with Gasteiger partial charge in [-0.1, -0.05) is 18.2 Å². The summed E-state index contributed by atoms with van der Waals surface area (Å²) >= 11 is 0. The Balaban J connectivity index is 1.65. The van der Waals surface area contributed by atoms with Gasteiger partial charge in [0.05, 0.1) is 13.2 Å². The molecule has 0 amide bonds. The third-order valence-electron chi connectivity index (χ3n) is 4.10. The molecule has 1 saturated heterocycles. The zero-order valence-electron chi connectivity index (χ0n) is 13.1. The molecule has 4 heteroatoms. The Bertz CT molecular complexity index is 412. The predicted molar refractivity (Wildman–Crippen MR) is 85.8 cm³/mol. The number of para-hydroxylation sites is 1. The van der Waals surface area contributed by atoms with Crippen molar-refractivity contribution in [2.75, 3.05) is 39.4 Å². The second-order valence-electron chi connectivity index (χ2n) is 5.75. The molecule has 0 aromatic heterocycles. The maximum atomic E-state index is 9.46. The zero-order valence-corrected chi connectivity index (χ0v) is 13.1. The van der Waals surface area contributed by atoms with Crippen LogP contribution in [0.1, 0.15) is 24.8 Å². The molecule has 0 aliphatic carbocycles. The number of rotatable bonds is 7. The van der Waals surface area contributed by atoms with Crippen LogP contribution in [-0.4, -0.2) is 55.4 Å². The fraction of sp³-hybridized carbons (Fsp3) is 0.647. The van der Waals surface area contributed by atoms with E-state index in [4.69, 9.17) is 4.74 Å². The van der Waals surface area contributed by atoms with Crippen LogP contribution in [-0.2, 0) is 0 Å². The van der Waals surface area contributed by atoms with E-state index in [1.807, 2.05) is 18.2 Å². The lowest BCUT2D eigenvalue weighted by molar-refractivity contribution is 0.128. The van der Waals surface area contributed by atoms with Crippen molar-refractivity contribution >= 4 is 0 Å². The number of ether oxygens (including phenoxy) is 1. The summed E-state index contributed by atoms with van der Waals surface area (Å²) in [6.45, 7) is 7.17. The van der Waals surface area contributed by atoms with Crippen LogP contribution in [0, 0.1) is 6.92 Å². The summed E-state index contributed by atoms with van der Waals surface area (Å²) in [4.78, 5) is 2.41. The quantitative estimate of drug-likeness (QED) is 0.752. The first-order chi connectivity index (χ1) is 10.3. The molecular formula is C17H28N2O2. The molecule has 0 radical (unpaired) electrons. The average Bonchev–Trinajstić information content (AvgIpc) is 2.73. The van der Waals surface area contributed by atoms with Crippen molar-refractivity contribution in [2.45, 2.75) is 32.2 Å². The van der Waals surface area contributed by atoms with Crippen molar-refractivity contribution in [3.05, 3.63) is 29.8 Å². The first-order valence-corrected chi connectivity index (χ1v) is 8.05. The Morgan fingerprint density at radius 1 is 1.33 bits per heavy atom. The average molecular weight is 292 g/mol. The van der Waals surface area contributed by atoms with E-state index in [0.717, 1.165) is 57.8 Å². The number of nitrogens with zero attached hydrogens (tertiary/aromatic N) is 1. The molecule has 1 fully saturated rings. The highest BCUT2D eigenvalue weighted by Gasteiger charge is 2.19. The van der Waals surface area contributed by atoms with Crippen molar-refractivity contribution in [1.29, 1.82) is 0 Å². The number of benzene rings is 1. The van der Waals surface area contributed by atoms with E-state index in [9.17, 15) is 5.11 Å². The molecule has 1 aliphatic rings. The summed E-state index contributed by atoms with van der Waals surface area (Å²) < 4.78 is 5.82. The van der Waals surface area contributed by atoms with Crippen LogP contribution in [0.15, 0.2) is 24.3 Å². The van der Waals surface area contributed by atoms with Crippen molar-refractivity contribution in [3.63, 3.8) is 0 Å².